The van der Waals surface area contributed by atoms with Crippen molar-refractivity contribution in [3.63, 3.8) is 0 Å². The molecule has 129 heavy (non-hydrogen) atoms. The van der Waals surface area contributed by atoms with E-state index in [0.29, 0.717) is 19.8 Å². The Kier molecular flexibility index (Phi) is 23.0. The number of carbonyl (C=O) groups excluding carboxylic acids is 3. The van der Waals surface area contributed by atoms with Crippen LogP contribution >= 0.6 is 0 Å². The van der Waals surface area contributed by atoms with E-state index in [1.165, 1.54) is 29.3 Å². The number of benzene rings is 11. The molecule has 0 radical (unpaired) electrons. The summed E-state index contributed by atoms with van der Waals surface area (Å²) >= 11 is 0. The zero-order valence-corrected chi connectivity index (χ0v) is 75.6. The molecule has 0 N–H and O–H groups in total. The number of aryl methyl sites for hydroxylation is 4. The highest BCUT2D eigenvalue weighted by atomic mass is 16.5. The average molecular weight is 1710 g/mol. The normalized spacial score (nSPS) is 13.6. The smallest absolute Gasteiger partial charge is 0.163 e. The monoisotopic (exact) mass is 1700 g/mol. The average Bonchev–Trinajstić information content (AvgIpc) is 0.869. The number of rotatable bonds is 15. The molecule has 3 atom stereocenters. The Morgan fingerprint density at radius 3 is 1.11 bits per heavy atom. The Morgan fingerprint density at radius 2 is 0.713 bits per heavy atom. The van der Waals surface area contributed by atoms with Crippen molar-refractivity contribution in [2.45, 2.75) is 158 Å². The fourth-order valence-corrected chi connectivity index (χ4v) is 18.6. The van der Waals surface area contributed by atoms with Gasteiger partial charge in [-0.05, 0) is 322 Å². The SMILES string of the molecule is CC(=O)[C@@H](OC(C)(C)C)c1c(C)cc2cc(-c3ccc(-c4cncnc4)cc3)ccc2c1-c1ccc2c3c(ccnc13)CCO2.CC(=O)[C@@H](OC(C)(C)C)c1c(C)cc2cc(-c3ccc4c(cnn4C)c3)ccc2c1-c1ccc2c3c(ccnc13)CCO2.CC(=O)[C@@H](OC(C)(C)C)c1c(C)cc2cc(C#Cc3cncnc3)ccc2c1-c1ccc2c3c(ccnc13)CCO2. The van der Waals surface area contributed by atoms with Crippen molar-refractivity contribution < 1.29 is 42.8 Å². The van der Waals surface area contributed by atoms with Crippen molar-refractivity contribution in [1.82, 2.24) is 44.7 Å². The lowest BCUT2D eigenvalue weighted by molar-refractivity contribution is -0.139. The second kappa shape index (κ2) is 34.6. The van der Waals surface area contributed by atoms with Crippen LogP contribution in [-0.2, 0) is 54.9 Å². The van der Waals surface area contributed by atoms with Gasteiger partial charge >= 0.3 is 0 Å². The van der Waals surface area contributed by atoms with Crippen LogP contribution in [-0.4, -0.2) is 98.6 Å². The van der Waals surface area contributed by atoms with Crippen LogP contribution in [0.15, 0.2) is 232 Å². The molecule has 0 amide bonds. The van der Waals surface area contributed by atoms with Crippen LogP contribution in [0.3, 0.4) is 0 Å². The van der Waals surface area contributed by atoms with Gasteiger partial charge in [-0.1, -0.05) is 90.7 Å². The van der Waals surface area contributed by atoms with E-state index in [-0.39, 0.29) is 17.3 Å². The summed E-state index contributed by atoms with van der Waals surface area (Å²) in [7, 11) is 1.96. The van der Waals surface area contributed by atoms with Gasteiger partial charge in [-0.25, -0.2) is 19.9 Å². The molecule has 0 aliphatic carbocycles. The number of hydrogen-bond acceptors (Lipinski definition) is 17. The molecule has 20 rings (SSSR count). The molecule has 0 saturated carbocycles. The summed E-state index contributed by atoms with van der Waals surface area (Å²) < 4.78 is 39.5. The van der Waals surface area contributed by atoms with Crippen LogP contribution in [0.2, 0.25) is 0 Å². The van der Waals surface area contributed by atoms with Gasteiger partial charge in [-0.3, -0.25) is 34.0 Å². The molecule has 3 aliphatic rings. The molecular weight excluding hydrogens is 1600 g/mol. The maximum atomic E-state index is 13.3. The molecule has 0 saturated heterocycles. The molecule has 18 heteroatoms. The summed E-state index contributed by atoms with van der Waals surface area (Å²) in [4.78, 5) is 70.9. The number of aromatic nitrogens is 9. The van der Waals surface area contributed by atoms with Gasteiger partial charge in [-0.15, -0.1) is 0 Å². The Labute approximate surface area is 750 Å². The minimum absolute atomic E-state index is 0.0287. The Morgan fingerprint density at radius 1 is 0.372 bits per heavy atom. The van der Waals surface area contributed by atoms with E-state index in [1.807, 2.05) is 142 Å². The van der Waals surface area contributed by atoms with E-state index in [0.717, 1.165) is 224 Å². The number of ether oxygens (including phenoxy) is 6. The zero-order chi connectivity index (χ0) is 90.1. The van der Waals surface area contributed by atoms with Gasteiger partial charge in [-0.2, -0.15) is 5.10 Å². The van der Waals surface area contributed by atoms with E-state index in [4.69, 9.17) is 43.4 Å². The van der Waals surface area contributed by atoms with Crippen LogP contribution in [0.1, 0.15) is 163 Å². The quantitative estimate of drug-likeness (QED) is 0.0872. The summed E-state index contributed by atoms with van der Waals surface area (Å²) in [5.74, 6) is 8.82. The highest BCUT2D eigenvalue weighted by Crippen LogP contribution is 2.51. The standard InChI is InChI=1S/C39H35N3O3.C37H35N3O3.C35H31N3O3/c1-23-18-29-19-28(25-6-8-26(9-7-25)30-20-40-22-41-21-30)10-11-31(29)36(34(23)38(24(2)43)45-39(3,4)5)32-12-13-33-35-27(15-17-44-33)14-16-42-37(32)35;1-21-17-26-18-24(25-8-11-30-27(19-25)20-39-40(30)6)7-9-28(26)34(32(21)36(22(2)41)43-37(3,4)5)29-10-12-31-33-23(14-16-42-31)13-15-38-35(29)33;1-21-16-26-17-23(6-7-24-18-36-20-37-19-24)8-9-27(26)32(30(21)34(22(2)39)41-35(3,4)5)28-10-11-29-31-25(13-15-40-29)12-14-38-33(28)31/h6-14,16,18-22,38H,15,17H2,1-5H3;7-13,15,17-20,36H,14,16H2,1-6H3;8-12,14,16-20,34H,13,15H2,1-5H3/t38-;36-;34-/m111/s1. The Hall–Kier alpha value is -14.1. The Balaban J connectivity index is 0.000000131. The molecule has 0 bridgehead atoms. The lowest BCUT2D eigenvalue weighted by Crippen LogP contribution is -2.27. The Bertz CT molecular complexity index is 7410. The molecule has 0 fully saturated rings. The van der Waals surface area contributed by atoms with E-state index >= 15 is 0 Å². The van der Waals surface area contributed by atoms with Crippen molar-refractivity contribution in [2.75, 3.05) is 19.8 Å². The third-order valence-electron chi connectivity index (χ3n) is 24.1. The number of nitrogens with zero attached hydrogens (tertiary/aromatic N) is 9. The van der Waals surface area contributed by atoms with Gasteiger partial charge in [0.2, 0.25) is 0 Å². The third-order valence-corrected chi connectivity index (χ3v) is 24.1. The lowest BCUT2D eigenvalue weighted by Gasteiger charge is -2.30. The second-order valence-corrected chi connectivity index (χ2v) is 36.8. The number of Topliss-reactive ketones (excluding diaryl/α,β-unsaturated/α-hetero) is 3. The van der Waals surface area contributed by atoms with Crippen molar-refractivity contribution in [3.8, 4) is 95.9 Å². The first kappa shape index (κ1) is 85.7. The van der Waals surface area contributed by atoms with Crippen LogP contribution in [0.4, 0.5) is 0 Å². The van der Waals surface area contributed by atoms with Crippen LogP contribution < -0.4 is 14.2 Å². The van der Waals surface area contributed by atoms with Gasteiger partial charge in [0.1, 0.15) is 48.2 Å². The fraction of sp³-hybridized carbons (Fsp3) is 0.252. The molecule has 0 spiro atoms. The van der Waals surface area contributed by atoms with E-state index in [2.05, 4.69) is 196 Å². The highest BCUT2D eigenvalue weighted by molar-refractivity contribution is 6.13. The molecule has 18 nitrogen and oxygen atoms in total. The van der Waals surface area contributed by atoms with Gasteiger partial charge < -0.3 is 28.4 Å². The van der Waals surface area contributed by atoms with Crippen LogP contribution in [0.25, 0.3) is 143 Å². The summed E-state index contributed by atoms with van der Waals surface area (Å²) in [5, 5.41) is 14.9. The molecule has 3 aliphatic heterocycles. The molecule has 0 unspecified atom stereocenters. The van der Waals surface area contributed by atoms with Crippen molar-refractivity contribution >= 4 is 93.3 Å². The van der Waals surface area contributed by atoms with Gasteiger partial charge in [0.05, 0.1) is 70.5 Å². The van der Waals surface area contributed by atoms with E-state index in [9.17, 15) is 14.4 Å². The van der Waals surface area contributed by atoms with Crippen molar-refractivity contribution in [3.05, 3.63) is 293 Å². The highest BCUT2D eigenvalue weighted by Gasteiger charge is 2.36. The molecule has 9 heterocycles. The first-order chi connectivity index (χ1) is 62.0. The zero-order valence-electron chi connectivity index (χ0n) is 75.6. The van der Waals surface area contributed by atoms with Gasteiger partial charge in [0, 0.05) is 119 Å². The molecular formula is C111H101N9O9. The fourth-order valence-electron chi connectivity index (χ4n) is 18.6. The number of fused-ring (bicyclic) bond motifs is 4. The van der Waals surface area contributed by atoms with Crippen LogP contribution in [0.5, 0.6) is 17.2 Å². The predicted molar refractivity (Wildman–Crippen MR) is 513 cm³/mol. The molecule has 6 aromatic heterocycles. The van der Waals surface area contributed by atoms with E-state index in [1.54, 1.807) is 33.2 Å². The van der Waals surface area contributed by atoms with Crippen LogP contribution in [0, 0.1) is 32.6 Å². The first-order valence-electron chi connectivity index (χ1n) is 43.9. The number of carbonyl (C=O) groups is 3. The number of pyridine rings is 3. The summed E-state index contributed by atoms with van der Waals surface area (Å²) in [6.45, 7) is 30.8. The molecule has 11 aromatic carbocycles. The molecule has 644 valence electrons. The largest absolute Gasteiger partial charge is 0.493 e. The topological polar surface area (TPSA) is 215 Å². The predicted octanol–water partition coefficient (Wildman–Crippen LogP) is 24.1. The first-order valence-corrected chi connectivity index (χ1v) is 43.9. The van der Waals surface area contributed by atoms with Gasteiger partial charge in [0.15, 0.2) is 17.3 Å². The lowest BCUT2D eigenvalue weighted by atomic mass is 9.84. The number of hydrogen-bond donors (Lipinski definition) is 0. The summed E-state index contributed by atoms with van der Waals surface area (Å²) in [5.41, 5.74) is 25.3. The maximum absolute atomic E-state index is 13.3. The minimum Gasteiger partial charge on any atom is -0.493 e. The summed E-state index contributed by atoms with van der Waals surface area (Å²) in [6, 6.07) is 59.3. The van der Waals surface area contributed by atoms with Gasteiger partial charge in [0.25, 0.3) is 0 Å². The van der Waals surface area contributed by atoms with Crippen molar-refractivity contribution in [2.24, 2.45) is 7.05 Å². The van der Waals surface area contributed by atoms with Crippen molar-refractivity contribution in [1.29, 1.82) is 0 Å². The minimum atomic E-state index is -0.742. The molecule has 17 aromatic rings. The van der Waals surface area contributed by atoms with E-state index < -0.39 is 35.1 Å². The maximum Gasteiger partial charge on any atom is 0.163 e. The number of ketones is 3. The summed E-state index contributed by atoms with van der Waals surface area (Å²) in [6.07, 6.45) is 17.9. The third kappa shape index (κ3) is 17.2. The second-order valence-electron chi connectivity index (χ2n) is 36.8.